The highest BCUT2D eigenvalue weighted by Gasteiger charge is 2.25. The molecule has 1 unspecified atom stereocenters. The Labute approximate surface area is 156 Å². The Balaban J connectivity index is 1.70. The maximum absolute atomic E-state index is 12.4. The lowest BCUT2D eigenvalue weighted by Gasteiger charge is -2.35. The monoisotopic (exact) mass is 352 g/mol. The van der Waals surface area contributed by atoms with Gasteiger partial charge < -0.3 is 10.1 Å². The first-order chi connectivity index (χ1) is 12.8. The molecule has 138 valence electrons. The Morgan fingerprint density at radius 2 is 1.73 bits per heavy atom. The molecule has 1 saturated heterocycles. The van der Waals surface area contributed by atoms with E-state index in [1.165, 1.54) is 19.3 Å². The van der Waals surface area contributed by atoms with Gasteiger partial charge >= 0.3 is 0 Å². The Morgan fingerprint density at radius 3 is 2.46 bits per heavy atom. The maximum atomic E-state index is 12.4. The minimum Gasteiger partial charge on any atom is -0.496 e. The van der Waals surface area contributed by atoms with Gasteiger partial charge in [-0.15, -0.1) is 0 Å². The minimum absolute atomic E-state index is 0.0631. The van der Waals surface area contributed by atoms with E-state index >= 15 is 0 Å². The van der Waals surface area contributed by atoms with Crippen molar-refractivity contribution >= 4 is 5.91 Å². The molecule has 0 bridgehead atoms. The highest BCUT2D eigenvalue weighted by molar-refractivity contribution is 5.78. The molecule has 0 spiro atoms. The summed E-state index contributed by atoms with van der Waals surface area (Å²) in [5, 5.41) is 3.14. The molecule has 1 atom stereocenters. The summed E-state index contributed by atoms with van der Waals surface area (Å²) in [5.41, 5.74) is 2.19. The van der Waals surface area contributed by atoms with E-state index in [1.807, 2.05) is 48.5 Å². The fourth-order valence-electron chi connectivity index (χ4n) is 3.66. The standard InChI is InChI=1S/C22H28N2O2/c1-26-21-13-7-6-12-19(21)20(24-14-8-3-9-15-24)17-23-22(25)16-18-10-4-2-5-11-18/h2,4-7,10-13,20H,3,8-9,14-17H2,1H3,(H,23,25). The molecular weight excluding hydrogens is 324 g/mol. The van der Waals surface area contributed by atoms with Gasteiger partial charge in [0.15, 0.2) is 0 Å². The molecule has 1 aliphatic heterocycles. The number of ether oxygens (including phenoxy) is 1. The molecular formula is C22H28N2O2. The van der Waals surface area contributed by atoms with Gasteiger partial charge in [-0.2, -0.15) is 0 Å². The van der Waals surface area contributed by atoms with Crippen LogP contribution in [0.1, 0.15) is 36.4 Å². The number of carbonyl (C=O) groups excluding carboxylic acids is 1. The molecule has 1 aliphatic rings. The molecule has 1 N–H and O–H groups in total. The van der Waals surface area contributed by atoms with E-state index in [9.17, 15) is 4.79 Å². The Kier molecular flexibility index (Phi) is 6.67. The van der Waals surface area contributed by atoms with Gasteiger partial charge in [-0.1, -0.05) is 55.0 Å². The number of hydrogen-bond donors (Lipinski definition) is 1. The molecule has 0 aromatic heterocycles. The van der Waals surface area contributed by atoms with Crippen molar-refractivity contribution in [3.8, 4) is 5.75 Å². The number of nitrogens with zero attached hydrogens (tertiary/aromatic N) is 1. The summed E-state index contributed by atoms with van der Waals surface area (Å²) in [5.74, 6) is 0.952. The molecule has 1 amide bonds. The van der Waals surface area contributed by atoms with Crippen molar-refractivity contribution in [2.24, 2.45) is 0 Å². The first-order valence-corrected chi connectivity index (χ1v) is 9.45. The molecule has 1 fully saturated rings. The zero-order valence-corrected chi connectivity index (χ0v) is 15.5. The lowest BCUT2D eigenvalue weighted by molar-refractivity contribution is -0.120. The quantitative estimate of drug-likeness (QED) is 0.828. The van der Waals surface area contributed by atoms with Gasteiger partial charge in [0.05, 0.1) is 19.6 Å². The fourth-order valence-corrected chi connectivity index (χ4v) is 3.66. The number of hydrogen-bond acceptors (Lipinski definition) is 3. The van der Waals surface area contributed by atoms with Crippen LogP contribution in [0.2, 0.25) is 0 Å². The normalized spacial score (nSPS) is 16.0. The van der Waals surface area contributed by atoms with Crippen LogP contribution in [0.25, 0.3) is 0 Å². The summed E-state index contributed by atoms with van der Waals surface area (Å²) < 4.78 is 5.58. The van der Waals surface area contributed by atoms with Crippen molar-refractivity contribution in [3.05, 3.63) is 65.7 Å². The second-order valence-corrected chi connectivity index (χ2v) is 6.82. The molecule has 0 aliphatic carbocycles. The Bertz CT molecular complexity index is 696. The molecule has 26 heavy (non-hydrogen) atoms. The third-order valence-electron chi connectivity index (χ3n) is 5.03. The van der Waals surface area contributed by atoms with Crippen LogP contribution >= 0.6 is 0 Å². The average molecular weight is 352 g/mol. The molecule has 0 radical (unpaired) electrons. The van der Waals surface area contributed by atoms with Crippen LogP contribution in [-0.2, 0) is 11.2 Å². The largest absolute Gasteiger partial charge is 0.496 e. The zero-order valence-electron chi connectivity index (χ0n) is 15.5. The van der Waals surface area contributed by atoms with Crippen LogP contribution in [0.5, 0.6) is 5.75 Å². The zero-order chi connectivity index (χ0) is 18.2. The topological polar surface area (TPSA) is 41.6 Å². The van der Waals surface area contributed by atoms with Gasteiger partial charge in [0.25, 0.3) is 0 Å². The van der Waals surface area contributed by atoms with Crippen molar-refractivity contribution in [1.82, 2.24) is 10.2 Å². The van der Waals surface area contributed by atoms with Gasteiger partial charge in [-0.05, 0) is 37.6 Å². The number of carbonyl (C=O) groups is 1. The van der Waals surface area contributed by atoms with Crippen molar-refractivity contribution in [1.29, 1.82) is 0 Å². The van der Waals surface area contributed by atoms with E-state index in [4.69, 9.17) is 4.74 Å². The SMILES string of the molecule is COc1ccccc1C(CNC(=O)Cc1ccccc1)N1CCCCC1. The Hall–Kier alpha value is -2.33. The predicted molar refractivity (Wildman–Crippen MR) is 104 cm³/mol. The number of nitrogens with one attached hydrogen (secondary N) is 1. The van der Waals surface area contributed by atoms with Crippen molar-refractivity contribution in [2.45, 2.75) is 31.7 Å². The summed E-state index contributed by atoms with van der Waals surface area (Å²) in [7, 11) is 1.71. The second-order valence-electron chi connectivity index (χ2n) is 6.82. The lowest BCUT2D eigenvalue weighted by atomic mass is 10.0. The smallest absolute Gasteiger partial charge is 0.224 e. The van der Waals surface area contributed by atoms with E-state index in [2.05, 4.69) is 16.3 Å². The van der Waals surface area contributed by atoms with Crippen molar-refractivity contribution in [3.63, 3.8) is 0 Å². The third-order valence-corrected chi connectivity index (χ3v) is 5.03. The first-order valence-electron chi connectivity index (χ1n) is 9.45. The van der Waals surface area contributed by atoms with Crippen LogP contribution in [0.3, 0.4) is 0 Å². The van der Waals surface area contributed by atoms with E-state index in [0.717, 1.165) is 30.0 Å². The maximum Gasteiger partial charge on any atom is 0.224 e. The lowest BCUT2D eigenvalue weighted by Crippen LogP contribution is -2.41. The molecule has 0 saturated carbocycles. The van der Waals surface area contributed by atoms with Crippen LogP contribution in [-0.4, -0.2) is 37.6 Å². The molecule has 2 aromatic carbocycles. The number of likely N-dealkylation sites (tertiary alicyclic amines) is 1. The third kappa shape index (κ3) is 4.85. The van der Waals surface area contributed by atoms with E-state index in [0.29, 0.717) is 13.0 Å². The summed E-state index contributed by atoms with van der Waals surface area (Å²) in [6, 6.07) is 18.2. The minimum atomic E-state index is 0.0631. The molecule has 3 rings (SSSR count). The number of rotatable bonds is 7. The highest BCUT2D eigenvalue weighted by atomic mass is 16.5. The number of para-hydroxylation sites is 1. The van der Waals surface area contributed by atoms with E-state index in [-0.39, 0.29) is 11.9 Å². The number of methoxy groups -OCH3 is 1. The number of benzene rings is 2. The number of amides is 1. The average Bonchev–Trinajstić information content (AvgIpc) is 2.70. The molecule has 2 aromatic rings. The predicted octanol–water partition coefficient (Wildman–Crippen LogP) is 3.58. The van der Waals surface area contributed by atoms with Crippen LogP contribution in [0.4, 0.5) is 0 Å². The van der Waals surface area contributed by atoms with E-state index in [1.54, 1.807) is 7.11 Å². The van der Waals surface area contributed by atoms with Crippen molar-refractivity contribution in [2.75, 3.05) is 26.7 Å². The van der Waals surface area contributed by atoms with Crippen LogP contribution < -0.4 is 10.1 Å². The van der Waals surface area contributed by atoms with Gasteiger partial charge in [-0.25, -0.2) is 0 Å². The highest BCUT2D eigenvalue weighted by Crippen LogP contribution is 2.30. The van der Waals surface area contributed by atoms with Gasteiger partial charge in [0, 0.05) is 12.1 Å². The Morgan fingerprint density at radius 1 is 1.04 bits per heavy atom. The summed E-state index contributed by atoms with van der Waals surface area (Å²) in [6.07, 6.45) is 4.13. The number of piperidine rings is 1. The fraction of sp³-hybridized carbons (Fsp3) is 0.409. The first kappa shape index (κ1) is 18.5. The summed E-state index contributed by atoms with van der Waals surface area (Å²) >= 11 is 0. The van der Waals surface area contributed by atoms with Crippen LogP contribution in [0, 0.1) is 0 Å². The van der Waals surface area contributed by atoms with Gasteiger partial charge in [0.1, 0.15) is 5.75 Å². The molecule has 4 nitrogen and oxygen atoms in total. The van der Waals surface area contributed by atoms with E-state index < -0.39 is 0 Å². The van der Waals surface area contributed by atoms with Crippen LogP contribution in [0.15, 0.2) is 54.6 Å². The molecule has 4 heteroatoms. The van der Waals surface area contributed by atoms with Gasteiger partial charge in [-0.3, -0.25) is 9.69 Å². The summed E-state index contributed by atoms with van der Waals surface area (Å²) in [6.45, 7) is 2.74. The van der Waals surface area contributed by atoms with Gasteiger partial charge in [0.2, 0.25) is 5.91 Å². The second kappa shape index (κ2) is 9.39. The molecule has 1 heterocycles. The summed E-state index contributed by atoms with van der Waals surface area (Å²) in [4.78, 5) is 14.9. The van der Waals surface area contributed by atoms with Crippen molar-refractivity contribution < 1.29 is 9.53 Å².